The lowest BCUT2D eigenvalue weighted by atomic mass is 10.1. The van der Waals surface area contributed by atoms with Crippen molar-refractivity contribution in [3.05, 3.63) is 59.9 Å². The number of rotatable bonds is 4. The van der Waals surface area contributed by atoms with E-state index in [1.54, 1.807) is 18.5 Å². The van der Waals surface area contributed by atoms with Crippen molar-refractivity contribution in [2.24, 2.45) is 0 Å². The van der Waals surface area contributed by atoms with E-state index >= 15 is 0 Å². The van der Waals surface area contributed by atoms with Gasteiger partial charge < -0.3 is 10.1 Å². The molecule has 8 heteroatoms. The second-order valence-electron chi connectivity index (χ2n) is 7.51. The average molecular weight is 404 g/mol. The van der Waals surface area contributed by atoms with Crippen molar-refractivity contribution in [2.45, 2.75) is 26.3 Å². The molecule has 1 atom stereocenters. The number of aryl methyl sites for hydroxylation is 2. The van der Waals surface area contributed by atoms with Gasteiger partial charge >= 0.3 is 0 Å². The number of nitrogens with zero attached hydrogens (tertiary/aromatic N) is 5. The summed E-state index contributed by atoms with van der Waals surface area (Å²) in [5.41, 5.74) is 5.62. The Morgan fingerprint density at radius 2 is 2.07 bits per heavy atom. The predicted octanol–water partition coefficient (Wildman–Crippen LogP) is 4.35. The second-order valence-corrected chi connectivity index (χ2v) is 7.51. The monoisotopic (exact) mass is 404 g/mol. The molecule has 0 unspecified atom stereocenters. The Balaban J connectivity index is 1.52. The van der Waals surface area contributed by atoms with Crippen LogP contribution in [-0.4, -0.2) is 37.9 Å². The van der Waals surface area contributed by atoms with E-state index in [1.165, 1.54) is 6.07 Å². The van der Waals surface area contributed by atoms with Crippen molar-refractivity contribution >= 4 is 22.4 Å². The third-order valence-electron chi connectivity index (χ3n) is 5.30. The van der Waals surface area contributed by atoms with Crippen LogP contribution in [-0.2, 0) is 4.74 Å². The molecule has 5 heterocycles. The number of halogens is 1. The van der Waals surface area contributed by atoms with E-state index in [2.05, 4.69) is 20.3 Å². The summed E-state index contributed by atoms with van der Waals surface area (Å²) in [5, 5.41) is 8.18. The summed E-state index contributed by atoms with van der Waals surface area (Å²) in [6.07, 6.45) is 6.37. The van der Waals surface area contributed by atoms with Gasteiger partial charge in [0, 0.05) is 30.4 Å². The number of aromatic nitrogens is 5. The first-order chi connectivity index (χ1) is 14.6. The first-order valence-electron chi connectivity index (χ1n) is 9.87. The lowest BCUT2D eigenvalue weighted by Gasteiger charge is -2.12. The highest BCUT2D eigenvalue weighted by atomic mass is 19.1. The number of nitrogens with one attached hydrogen (secondary N) is 1. The number of hydrogen-bond acceptors (Lipinski definition) is 6. The van der Waals surface area contributed by atoms with E-state index in [0.717, 1.165) is 46.7 Å². The van der Waals surface area contributed by atoms with Crippen LogP contribution >= 0.6 is 0 Å². The molecule has 4 aromatic heterocycles. The van der Waals surface area contributed by atoms with Gasteiger partial charge in [-0.2, -0.15) is 5.10 Å². The third kappa shape index (κ3) is 3.39. The molecule has 0 spiro atoms. The van der Waals surface area contributed by atoms with Gasteiger partial charge in [-0.3, -0.25) is 14.6 Å². The van der Waals surface area contributed by atoms with Crippen molar-refractivity contribution in [1.82, 2.24) is 24.7 Å². The maximum Gasteiger partial charge on any atom is 0.151 e. The van der Waals surface area contributed by atoms with Gasteiger partial charge in [-0.1, -0.05) is 0 Å². The largest absolute Gasteiger partial charge is 0.379 e. The molecule has 0 saturated carbocycles. The van der Waals surface area contributed by atoms with Crippen LogP contribution in [0.25, 0.3) is 22.4 Å². The predicted molar refractivity (Wildman–Crippen MR) is 112 cm³/mol. The van der Waals surface area contributed by atoms with Crippen LogP contribution in [0.15, 0.2) is 42.9 Å². The fourth-order valence-corrected chi connectivity index (χ4v) is 3.61. The van der Waals surface area contributed by atoms with Crippen LogP contribution in [0.1, 0.15) is 23.7 Å². The Labute approximate surface area is 173 Å². The molecule has 5 rings (SSSR count). The molecular weight excluding hydrogens is 383 g/mol. The van der Waals surface area contributed by atoms with Crippen molar-refractivity contribution < 1.29 is 9.13 Å². The van der Waals surface area contributed by atoms with Gasteiger partial charge in [-0.25, -0.2) is 9.37 Å². The molecule has 1 aliphatic rings. The van der Waals surface area contributed by atoms with Gasteiger partial charge in [0.05, 0.1) is 30.2 Å². The smallest absolute Gasteiger partial charge is 0.151 e. The second kappa shape index (κ2) is 7.46. The Morgan fingerprint density at radius 3 is 2.90 bits per heavy atom. The minimum Gasteiger partial charge on any atom is -0.379 e. The Kier molecular flexibility index (Phi) is 4.63. The highest BCUT2D eigenvalue weighted by Gasteiger charge is 2.20. The molecule has 0 bridgehead atoms. The van der Waals surface area contributed by atoms with E-state index < -0.39 is 5.82 Å². The molecule has 0 aromatic carbocycles. The topological polar surface area (TPSA) is 77.8 Å². The van der Waals surface area contributed by atoms with E-state index in [0.29, 0.717) is 12.3 Å². The van der Waals surface area contributed by atoms with Crippen molar-refractivity contribution in [2.75, 3.05) is 18.5 Å². The van der Waals surface area contributed by atoms with Gasteiger partial charge in [0.15, 0.2) is 5.82 Å². The van der Waals surface area contributed by atoms with Crippen LogP contribution in [0.5, 0.6) is 0 Å². The molecule has 0 aliphatic carbocycles. The molecule has 0 radical (unpaired) electrons. The molecule has 1 fully saturated rings. The number of fused-ring (bicyclic) bond motifs is 1. The Morgan fingerprint density at radius 1 is 1.17 bits per heavy atom. The summed E-state index contributed by atoms with van der Waals surface area (Å²) in [5.74, 6) is -0.397. The van der Waals surface area contributed by atoms with Crippen LogP contribution < -0.4 is 5.32 Å². The van der Waals surface area contributed by atoms with E-state index in [1.807, 2.05) is 36.9 Å². The molecule has 1 saturated heterocycles. The first-order valence-corrected chi connectivity index (χ1v) is 9.87. The molecule has 1 aliphatic heterocycles. The lowest BCUT2D eigenvalue weighted by Crippen LogP contribution is -2.08. The summed E-state index contributed by atoms with van der Waals surface area (Å²) >= 11 is 0. The summed E-state index contributed by atoms with van der Waals surface area (Å²) in [7, 11) is 0. The first kappa shape index (κ1) is 18.6. The molecule has 30 heavy (non-hydrogen) atoms. The fourth-order valence-electron chi connectivity index (χ4n) is 3.61. The number of anilines is 2. The fraction of sp³-hybridized carbons (Fsp3) is 0.273. The van der Waals surface area contributed by atoms with Gasteiger partial charge in [0.25, 0.3) is 0 Å². The van der Waals surface area contributed by atoms with Gasteiger partial charge in [-0.15, -0.1) is 0 Å². The molecule has 1 N–H and O–H groups in total. The maximum atomic E-state index is 14.3. The highest BCUT2D eigenvalue weighted by Crippen LogP contribution is 2.30. The van der Waals surface area contributed by atoms with Gasteiger partial charge in [0.2, 0.25) is 0 Å². The minimum atomic E-state index is -0.397. The van der Waals surface area contributed by atoms with Crippen LogP contribution in [0, 0.1) is 19.7 Å². The average Bonchev–Trinajstić information content (AvgIpc) is 3.41. The number of hydrogen-bond donors (Lipinski definition) is 1. The molecular formula is C22H21FN6O. The summed E-state index contributed by atoms with van der Waals surface area (Å²) in [6, 6.07) is 6.99. The van der Waals surface area contributed by atoms with E-state index in [-0.39, 0.29) is 11.7 Å². The van der Waals surface area contributed by atoms with Gasteiger partial charge in [0.1, 0.15) is 16.7 Å². The maximum absolute atomic E-state index is 14.3. The number of ether oxygens (including phenoxy) is 1. The number of pyridine rings is 3. The van der Waals surface area contributed by atoms with Gasteiger partial charge in [-0.05, 0) is 50.1 Å². The Bertz CT molecular complexity index is 1230. The van der Waals surface area contributed by atoms with Crippen molar-refractivity contribution in [3.8, 4) is 11.4 Å². The van der Waals surface area contributed by atoms with Crippen LogP contribution in [0.3, 0.4) is 0 Å². The van der Waals surface area contributed by atoms with Crippen molar-refractivity contribution in [3.63, 3.8) is 0 Å². The van der Waals surface area contributed by atoms with Crippen molar-refractivity contribution in [1.29, 1.82) is 0 Å². The Hall–Kier alpha value is -3.39. The zero-order valence-electron chi connectivity index (χ0n) is 16.8. The summed E-state index contributed by atoms with van der Waals surface area (Å²) in [4.78, 5) is 13.1. The molecule has 152 valence electrons. The molecule has 0 amide bonds. The summed E-state index contributed by atoms with van der Waals surface area (Å²) < 4.78 is 21.7. The molecule has 7 nitrogen and oxygen atoms in total. The summed E-state index contributed by atoms with van der Waals surface area (Å²) in [6.45, 7) is 5.20. The molecule has 4 aromatic rings. The lowest BCUT2D eigenvalue weighted by molar-refractivity contribution is 0.184. The van der Waals surface area contributed by atoms with E-state index in [9.17, 15) is 4.39 Å². The highest BCUT2D eigenvalue weighted by molar-refractivity contribution is 5.89. The standard InChI is InChI=1S/C22H21FN6O/c1-13-10-25-19(21-16(23)4-3-14(2)26-21)9-18(13)27-17-5-7-24-20-11-29(28-22(17)20)15-6-8-30-12-15/h3-5,7,9-11,15H,6,8,12H2,1-2H3,(H,25,27)/t15-/m0/s1. The minimum absolute atomic E-state index is 0.233. The van der Waals surface area contributed by atoms with Crippen LogP contribution in [0.4, 0.5) is 15.8 Å². The van der Waals surface area contributed by atoms with Crippen LogP contribution in [0.2, 0.25) is 0 Å². The quantitative estimate of drug-likeness (QED) is 0.545. The third-order valence-corrected chi connectivity index (χ3v) is 5.30. The van der Waals surface area contributed by atoms with E-state index in [4.69, 9.17) is 9.84 Å². The zero-order valence-corrected chi connectivity index (χ0v) is 16.8. The zero-order chi connectivity index (χ0) is 20.7. The SMILES string of the molecule is Cc1ccc(F)c(-c2cc(Nc3ccnc4cn([C@H]5CCOC5)nc34)c(C)cn2)n1. The normalized spacial score (nSPS) is 16.3.